The molecule has 0 fully saturated rings. The Morgan fingerprint density at radius 1 is 1.10 bits per heavy atom. The highest BCUT2D eigenvalue weighted by Crippen LogP contribution is 2.17. The second kappa shape index (κ2) is 11.6. The summed E-state index contributed by atoms with van der Waals surface area (Å²) >= 11 is 1.37. The lowest BCUT2D eigenvalue weighted by Gasteiger charge is -2.29. The van der Waals surface area contributed by atoms with Crippen LogP contribution in [0.4, 0.5) is 8.78 Å². The zero-order chi connectivity index (χ0) is 21.2. The van der Waals surface area contributed by atoms with Crippen LogP contribution < -0.4 is 5.32 Å². The van der Waals surface area contributed by atoms with Gasteiger partial charge in [0.1, 0.15) is 17.7 Å². The summed E-state index contributed by atoms with van der Waals surface area (Å²) in [5, 5.41) is 2.79. The Morgan fingerprint density at radius 3 is 2.45 bits per heavy atom. The number of carbonyl (C=O) groups is 2. The molecule has 2 amide bonds. The fraction of sp³-hybridized carbons (Fsp3) is 0.364. The zero-order valence-electron chi connectivity index (χ0n) is 16.7. The summed E-state index contributed by atoms with van der Waals surface area (Å²) in [5.41, 5.74) is 1.26. The van der Waals surface area contributed by atoms with Crippen LogP contribution in [-0.2, 0) is 21.9 Å². The standard InChI is InChI=1S/C22H26F2N2O2S/c1-3-12-25-22(28)16(2)26(13-18-6-4-5-7-20(18)24)21(27)15-29-14-17-8-10-19(23)11-9-17/h4-11,16H,3,12-15H2,1-2H3,(H,25,28)/t16-/m1/s1. The van der Waals surface area contributed by atoms with Gasteiger partial charge in [0.2, 0.25) is 11.8 Å². The van der Waals surface area contributed by atoms with Crippen molar-refractivity contribution in [2.75, 3.05) is 12.3 Å². The molecule has 0 aromatic heterocycles. The van der Waals surface area contributed by atoms with Gasteiger partial charge in [0.25, 0.3) is 0 Å². The summed E-state index contributed by atoms with van der Waals surface area (Å²) in [7, 11) is 0. The molecule has 0 radical (unpaired) electrons. The van der Waals surface area contributed by atoms with Gasteiger partial charge in [-0.1, -0.05) is 37.3 Å². The van der Waals surface area contributed by atoms with E-state index in [1.54, 1.807) is 37.3 Å². The van der Waals surface area contributed by atoms with Gasteiger partial charge in [0.15, 0.2) is 0 Å². The second-order valence-electron chi connectivity index (χ2n) is 6.70. The molecule has 0 aliphatic carbocycles. The smallest absolute Gasteiger partial charge is 0.242 e. The molecular formula is C22H26F2N2O2S. The molecule has 4 nitrogen and oxygen atoms in total. The largest absolute Gasteiger partial charge is 0.354 e. The maximum atomic E-state index is 14.1. The van der Waals surface area contributed by atoms with Crippen LogP contribution in [0.2, 0.25) is 0 Å². The van der Waals surface area contributed by atoms with Crippen LogP contribution in [0.5, 0.6) is 0 Å². The highest BCUT2D eigenvalue weighted by atomic mass is 32.2. The second-order valence-corrected chi connectivity index (χ2v) is 7.68. The van der Waals surface area contributed by atoms with Crippen LogP contribution in [0, 0.1) is 11.6 Å². The molecule has 0 heterocycles. The molecule has 0 saturated heterocycles. The van der Waals surface area contributed by atoms with Crippen LogP contribution in [0.25, 0.3) is 0 Å². The number of hydrogen-bond acceptors (Lipinski definition) is 3. The number of rotatable bonds is 10. The summed E-state index contributed by atoms with van der Waals surface area (Å²) in [5.74, 6) is -0.560. The van der Waals surface area contributed by atoms with E-state index >= 15 is 0 Å². The summed E-state index contributed by atoms with van der Waals surface area (Å²) in [6.45, 7) is 4.13. The Labute approximate surface area is 174 Å². The van der Waals surface area contributed by atoms with Gasteiger partial charge >= 0.3 is 0 Å². The lowest BCUT2D eigenvalue weighted by molar-refractivity contribution is -0.138. The summed E-state index contributed by atoms with van der Waals surface area (Å²) in [4.78, 5) is 26.7. The molecule has 2 aromatic carbocycles. The van der Waals surface area contributed by atoms with Crippen molar-refractivity contribution in [3.8, 4) is 0 Å². The van der Waals surface area contributed by atoms with Crippen molar-refractivity contribution >= 4 is 23.6 Å². The Morgan fingerprint density at radius 2 is 1.79 bits per heavy atom. The van der Waals surface area contributed by atoms with Gasteiger partial charge in [-0.3, -0.25) is 9.59 Å². The van der Waals surface area contributed by atoms with Crippen LogP contribution in [0.15, 0.2) is 48.5 Å². The number of nitrogens with zero attached hydrogens (tertiary/aromatic N) is 1. The Bertz CT molecular complexity index is 815. The summed E-state index contributed by atoms with van der Waals surface area (Å²) in [6.07, 6.45) is 0.785. The first-order valence-corrected chi connectivity index (χ1v) is 10.7. The maximum Gasteiger partial charge on any atom is 0.242 e. The van der Waals surface area contributed by atoms with E-state index in [0.29, 0.717) is 17.9 Å². The fourth-order valence-corrected chi connectivity index (χ4v) is 3.58. The molecule has 0 aliphatic heterocycles. The lowest BCUT2D eigenvalue weighted by atomic mass is 10.1. The molecule has 1 N–H and O–H groups in total. The molecule has 0 unspecified atom stereocenters. The van der Waals surface area contributed by atoms with Gasteiger partial charge in [-0.25, -0.2) is 8.78 Å². The minimum absolute atomic E-state index is 0.0172. The van der Waals surface area contributed by atoms with Gasteiger partial charge < -0.3 is 10.2 Å². The number of nitrogens with one attached hydrogen (secondary N) is 1. The number of amides is 2. The minimum Gasteiger partial charge on any atom is -0.354 e. The van der Waals surface area contributed by atoms with Crippen molar-refractivity contribution < 1.29 is 18.4 Å². The molecule has 7 heteroatoms. The van der Waals surface area contributed by atoms with Crippen LogP contribution >= 0.6 is 11.8 Å². The minimum atomic E-state index is -0.722. The zero-order valence-corrected chi connectivity index (χ0v) is 17.5. The van der Waals surface area contributed by atoms with Crippen molar-refractivity contribution in [3.63, 3.8) is 0 Å². The Hall–Kier alpha value is -2.41. The number of thioether (sulfide) groups is 1. The van der Waals surface area contributed by atoms with E-state index in [0.717, 1.165) is 12.0 Å². The van der Waals surface area contributed by atoms with Crippen molar-refractivity contribution in [2.24, 2.45) is 0 Å². The lowest BCUT2D eigenvalue weighted by Crippen LogP contribution is -2.48. The first kappa shape index (κ1) is 22.9. The SMILES string of the molecule is CCCNC(=O)[C@@H](C)N(Cc1ccccc1F)C(=O)CSCc1ccc(F)cc1. The van der Waals surface area contributed by atoms with E-state index in [1.807, 2.05) is 6.92 Å². The molecule has 156 valence electrons. The van der Waals surface area contributed by atoms with E-state index in [9.17, 15) is 18.4 Å². The van der Waals surface area contributed by atoms with Crippen molar-refractivity contribution in [2.45, 2.75) is 38.6 Å². The summed E-state index contributed by atoms with van der Waals surface area (Å²) in [6, 6.07) is 11.6. The van der Waals surface area contributed by atoms with E-state index in [-0.39, 0.29) is 29.9 Å². The average molecular weight is 421 g/mol. The fourth-order valence-electron chi connectivity index (χ4n) is 2.71. The number of halogens is 2. The van der Waals surface area contributed by atoms with Gasteiger partial charge in [-0.15, -0.1) is 11.8 Å². The van der Waals surface area contributed by atoms with Gasteiger partial charge in [0.05, 0.1) is 5.75 Å². The third-order valence-corrected chi connectivity index (χ3v) is 5.41. The van der Waals surface area contributed by atoms with E-state index in [4.69, 9.17) is 0 Å². The molecule has 2 rings (SSSR count). The number of benzene rings is 2. The predicted octanol–water partition coefficient (Wildman–Crippen LogP) is 4.14. The van der Waals surface area contributed by atoms with Gasteiger partial charge in [0, 0.05) is 24.4 Å². The normalized spacial score (nSPS) is 11.7. The molecule has 1 atom stereocenters. The van der Waals surface area contributed by atoms with Crippen molar-refractivity contribution in [3.05, 3.63) is 71.3 Å². The molecule has 2 aromatic rings. The average Bonchev–Trinajstić information content (AvgIpc) is 2.72. The maximum absolute atomic E-state index is 14.1. The molecular weight excluding hydrogens is 394 g/mol. The van der Waals surface area contributed by atoms with Gasteiger partial charge in [-0.2, -0.15) is 0 Å². The summed E-state index contributed by atoms with van der Waals surface area (Å²) < 4.78 is 27.1. The predicted molar refractivity (Wildman–Crippen MR) is 112 cm³/mol. The molecule has 0 aliphatic rings. The van der Waals surface area contributed by atoms with Crippen LogP contribution in [0.3, 0.4) is 0 Å². The van der Waals surface area contributed by atoms with E-state index < -0.39 is 11.9 Å². The highest BCUT2D eigenvalue weighted by Gasteiger charge is 2.26. The Balaban J connectivity index is 2.05. The molecule has 0 saturated carbocycles. The molecule has 29 heavy (non-hydrogen) atoms. The monoisotopic (exact) mass is 420 g/mol. The van der Waals surface area contributed by atoms with Gasteiger partial charge in [-0.05, 0) is 37.1 Å². The third-order valence-electron chi connectivity index (χ3n) is 4.42. The topological polar surface area (TPSA) is 49.4 Å². The van der Waals surface area contributed by atoms with Crippen LogP contribution in [0.1, 0.15) is 31.4 Å². The molecule has 0 bridgehead atoms. The van der Waals surface area contributed by atoms with E-state index in [2.05, 4.69) is 5.32 Å². The number of carbonyl (C=O) groups excluding carboxylic acids is 2. The Kier molecular flexibility index (Phi) is 9.12. The van der Waals surface area contributed by atoms with E-state index in [1.165, 1.54) is 34.9 Å². The van der Waals surface area contributed by atoms with Crippen molar-refractivity contribution in [1.29, 1.82) is 0 Å². The molecule has 0 spiro atoms. The number of hydrogen-bond donors (Lipinski definition) is 1. The first-order valence-electron chi connectivity index (χ1n) is 9.55. The van der Waals surface area contributed by atoms with Crippen LogP contribution in [-0.4, -0.2) is 35.1 Å². The van der Waals surface area contributed by atoms with Crippen molar-refractivity contribution in [1.82, 2.24) is 10.2 Å². The highest BCUT2D eigenvalue weighted by molar-refractivity contribution is 7.99. The first-order chi connectivity index (χ1) is 13.9. The third kappa shape index (κ3) is 7.16. The quantitative estimate of drug-likeness (QED) is 0.628.